The zero-order valence-corrected chi connectivity index (χ0v) is 14.8. The minimum Gasteiger partial charge on any atom is -0.467 e. The second-order valence-electron chi connectivity index (χ2n) is 5.80. The molecule has 24 heavy (non-hydrogen) atoms. The van der Waals surface area contributed by atoms with Crippen LogP contribution in [0, 0.1) is 13.8 Å². The third-order valence-electron chi connectivity index (χ3n) is 4.25. The van der Waals surface area contributed by atoms with E-state index in [0.29, 0.717) is 23.6 Å². The van der Waals surface area contributed by atoms with Crippen molar-refractivity contribution < 1.29 is 9.47 Å². The van der Waals surface area contributed by atoms with Gasteiger partial charge in [0, 0.05) is 21.0 Å². The Labute approximate surface area is 147 Å². The van der Waals surface area contributed by atoms with Crippen molar-refractivity contribution >= 4 is 33.2 Å². The molecular weight excluding hydrogens is 348 g/mol. The Morgan fingerprint density at radius 3 is 3.04 bits per heavy atom. The Morgan fingerprint density at radius 2 is 2.21 bits per heavy atom. The summed E-state index contributed by atoms with van der Waals surface area (Å²) in [4.78, 5) is 19.2. The SMILES string of the molecule is Cc1sc2ncn(Cc3cc(Cl)cc4c3OCOC4)c(=O)c2c1C. The van der Waals surface area contributed by atoms with Gasteiger partial charge in [0.15, 0.2) is 6.79 Å². The van der Waals surface area contributed by atoms with E-state index in [2.05, 4.69) is 4.98 Å². The minimum atomic E-state index is -0.0392. The molecule has 2 aromatic heterocycles. The van der Waals surface area contributed by atoms with Crippen LogP contribution in [0.3, 0.4) is 0 Å². The number of fused-ring (bicyclic) bond motifs is 2. The molecule has 0 saturated carbocycles. The van der Waals surface area contributed by atoms with Crippen molar-refractivity contribution in [3.05, 3.63) is 55.4 Å². The highest BCUT2D eigenvalue weighted by Crippen LogP contribution is 2.32. The standard InChI is InChI=1S/C17H15ClN2O3S/c1-9-10(2)24-16-14(9)17(21)20(7-19-16)5-11-3-13(18)4-12-6-22-8-23-15(11)12/h3-4,7H,5-6,8H2,1-2H3. The first-order chi connectivity index (χ1) is 11.5. The summed E-state index contributed by atoms with van der Waals surface area (Å²) in [6, 6.07) is 3.66. The summed E-state index contributed by atoms with van der Waals surface area (Å²) in [6.45, 7) is 4.99. The molecule has 1 aromatic carbocycles. The molecule has 0 N–H and O–H groups in total. The van der Waals surface area contributed by atoms with Gasteiger partial charge in [0.2, 0.25) is 0 Å². The van der Waals surface area contributed by atoms with Crippen LogP contribution in [0.25, 0.3) is 10.2 Å². The highest BCUT2D eigenvalue weighted by atomic mass is 35.5. The molecule has 1 aliphatic heterocycles. The molecule has 0 bridgehead atoms. The lowest BCUT2D eigenvalue weighted by Gasteiger charge is -2.21. The van der Waals surface area contributed by atoms with Crippen LogP contribution in [0.4, 0.5) is 0 Å². The Morgan fingerprint density at radius 1 is 1.38 bits per heavy atom. The van der Waals surface area contributed by atoms with E-state index in [1.54, 1.807) is 22.2 Å². The highest BCUT2D eigenvalue weighted by Gasteiger charge is 2.18. The van der Waals surface area contributed by atoms with Crippen LogP contribution in [0.15, 0.2) is 23.3 Å². The van der Waals surface area contributed by atoms with E-state index in [1.165, 1.54) is 0 Å². The van der Waals surface area contributed by atoms with E-state index >= 15 is 0 Å². The van der Waals surface area contributed by atoms with Gasteiger partial charge in [-0.15, -0.1) is 11.3 Å². The van der Waals surface area contributed by atoms with E-state index in [9.17, 15) is 4.79 Å². The topological polar surface area (TPSA) is 53.4 Å². The van der Waals surface area contributed by atoms with Crippen molar-refractivity contribution in [3.63, 3.8) is 0 Å². The van der Waals surface area contributed by atoms with Crippen LogP contribution in [0.2, 0.25) is 5.02 Å². The number of benzene rings is 1. The molecule has 3 aromatic rings. The second kappa shape index (κ2) is 5.88. The fourth-order valence-electron chi connectivity index (χ4n) is 2.94. The van der Waals surface area contributed by atoms with Crippen molar-refractivity contribution in [2.45, 2.75) is 27.0 Å². The third-order valence-corrected chi connectivity index (χ3v) is 5.58. The Hall–Kier alpha value is -1.89. The summed E-state index contributed by atoms with van der Waals surface area (Å²) >= 11 is 7.75. The number of aromatic nitrogens is 2. The molecule has 124 valence electrons. The van der Waals surface area contributed by atoms with E-state index in [4.69, 9.17) is 21.1 Å². The first-order valence-corrected chi connectivity index (χ1v) is 8.71. The summed E-state index contributed by atoms with van der Waals surface area (Å²) in [5, 5.41) is 1.29. The number of ether oxygens (including phenoxy) is 2. The Kier molecular flexibility index (Phi) is 3.83. The van der Waals surface area contributed by atoms with Gasteiger partial charge in [-0.25, -0.2) is 4.98 Å². The van der Waals surface area contributed by atoms with Crippen LogP contribution in [0.5, 0.6) is 5.75 Å². The van der Waals surface area contributed by atoms with Gasteiger partial charge in [-0.3, -0.25) is 9.36 Å². The number of nitrogens with zero attached hydrogens (tertiary/aromatic N) is 2. The maximum Gasteiger partial charge on any atom is 0.262 e. The molecule has 4 rings (SSSR count). The molecule has 0 aliphatic carbocycles. The molecule has 1 aliphatic rings. The molecule has 0 unspecified atom stereocenters. The quantitative estimate of drug-likeness (QED) is 0.698. The van der Waals surface area contributed by atoms with Crippen molar-refractivity contribution in [1.29, 1.82) is 0 Å². The molecule has 3 heterocycles. The number of hydrogen-bond acceptors (Lipinski definition) is 5. The number of thiophene rings is 1. The van der Waals surface area contributed by atoms with Gasteiger partial charge >= 0.3 is 0 Å². The average Bonchev–Trinajstić information content (AvgIpc) is 2.85. The normalized spacial score (nSPS) is 13.8. The van der Waals surface area contributed by atoms with Gasteiger partial charge in [-0.05, 0) is 31.5 Å². The molecule has 0 saturated heterocycles. The third kappa shape index (κ3) is 2.51. The number of aryl methyl sites for hydroxylation is 2. The van der Waals surface area contributed by atoms with Crippen LogP contribution >= 0.6 is 22.9 Å². The summed E-state index contributed by atoms with van der Waals surface area (Å²) in [7, 11) is 0. The van der Waals surface area contributed by atoms with E-state index < -0.39 is 0 Å². The fraction of sp³-hybridized carbons (Fsp3) is 0.294. The zero-order chi connectivity index (χ0) is 16.8. The molecule has 0 radical (unpaired) electrons. The van der Waals surface area contributed by atoms with Crippen molar-refractivity contribution in [1.82, 2.24) is 9.55 Å². The molecule has 0 amide bonds. The first kappa shape index (κ1) is 15.6. The predicted molar refractivity (Wildman–Crippen MR) is 94.2 cm³/mol. The molecular formula is C17H15ClN2O3S. The zero-order valence-electron chi connectivity index (χ0n) is 13.3. The van der Waals surface area contributed by atoms with Crippen LogP contribution in [-0.2, 0) is 17.9 Å². The van der Waals surface area contributed by atoms with Crippen molar-refractivity contribution in [2.75, 3.05) is 6.79 Å². The van der Waals surface area contributed by atoms with Crippen LogP contribution in [-0.4, -0.2) is 16.3 Å². The summed E-state index contributed by atoms with van der Waals surface area (Å²) < 4.78 is 12.5. The van der Waals surface area contributed by atoms with Gasteiger partial charge in [0.1, 0.15) is 10.6 Å². The van der Waals surface area contributed by atoms with Crippen LogP contribution < -0.4 is 10.3 Å². The van der Waals surface area contributed by atoms with Gasteiger partial charge < -0.3 is 9.47 Å². The number of rotatable bonds is 2. The van der Waals surface area contributed by atoms with Gasteiger partial charge in [0.25, 0.3) is 5.56 Å². The fourth-order valence-corrected chi connectivity index (χ4v) is 4.19. The summed E-state index contributed by atoms with van der Waals surface area (Å²) in [5.41, 5.74) is 2.71. The molecule has 0 spiro atoms. The van der Waals surface area contributed by atoms with Gasteiger partial charge in [-0.2, -0.15) is 0 Å². The first-order valence-electron chi connectivity index (χ1n) is 7.51. The predicted octanol–water partition coefficient (Wildman–Crippen LogP) is 3.64. The minimum absolute atomic E-state index is 0.0392. The maximum atomic E-state index is 12.9. The molecule has 0 atom stereocenters. The summed E-state index contributed by atoms with van der Waals surface area (Å²) in [6.07, 6.45) is 1.59. The van der Waals surface area contributed by atoms with Crippen molar-refractivity contribution in [2.24, 2.45) is 0 Å². The molecule has 0 fully saturated rings. The maximum absolute atomic E-state index is 12.9. The lowest BCUT2D eigenvalue weighted by Crippen LogP contribution is -2.22. The molecule has 5 nitrogen and oxygen atoms in total. The van der Waals surface area contributed by atoms with Gasteiger partial charge in [0.05, 0.1) is 24.9 Å². The smallest absolute Gasteiger partial charge is 0.262 e. The molecule has 7 heteroatoms. The summed E-state index contributed by atoms with van der Waals surface area (Å²) in [5.74, 6) is 0.746. The average molecular weight is 363 g/mol. The monoisotopic (exact) mass is 362 g/mol. The van der Waals surface area contributed by atoms with Crippen LogP contribution in [0.1, 0.15) is 21.6 Å². The van der Waals surface area contributed by atoms with Gasteiger partial charge in [-0.1, -0.05) is 11.6 Å². The van der Waals surface area contributed by atoms with Crippen molar-refractivity contribution in [3.8, 4) is 5.75 Å². The van der Waals surface area contributed by atoms with E-state index in [0.717, 1.165) is 32.1 Å². The van der Waals surface area contributed by atoms with E-state index in [1.807, 2.05) is 26.0 Å². The lowest BCUT2D eigenvalue weighted by molar-refractivity contribution is -0.0170. The largest absolute Gasteiger partial charge is 0.467 e. The number of halogens is 1. The lowest BCUT2D eigenvalue weighted by atomic mass is 10.1. The number of hydrogen-bond donors (Lipinski definition) is 0. The Bertz CT molecular complexity index is 1010. The highest BCUT2D eigenvalue weighted by molar-refractivity contribution is 7.18. The Balaban J connectivity index is 1.83. The van der Waals surface area contributed by atoms with E-state index in [-0.39, 0.29) is 12.4 Å². The second-order valence-corrected chi connectivity index (χ2v) is 7.44.